The first-order valence-corrected chi connectivity index (χ1v) is 9.22. The summed E-state index contributed by atoms with van der Waals surface area (Å²) in [6, 6.07) is 18.0. The van der Waals surface area contributed by atoms with Crippen molar-refractivity contribution in [2.45, 2.75) is 13.0 Å². The van der Waals surface area contributed by atoms with Crippen LogP contribution in [0.5, 0.6) is 0 Å². The Morgan fingerprint density at radius 2 is 1.77 bits per heavy atom. The molecule has 1 saturated heterocycles. The van der Waals surface area contributed by atoms with Crippen LogP contribution in [0, 0.1) is 0 Å². The largest absolute Gasteiger partial charge is 0.369 e. The Balaban J connectivity index is 1.41. The third-order valence-corrected chi connectivity index (χ3v) is 5.10. The topological polar surface area (TPSA) is 45.4 Å². The molecule has 0 amide bonds. The molecule has 0 N–H and O–H groups in total. The van der Waals surface area contributed by atoms with Gasteiger partial charge in [-0.1, -0.05) is 53.2 Å². The molecule has 0 bridgehead atoms. The van der Waals surface area contributed by atoms with E-state index in [0.29, 0.717) is 11.7 Å². The number of anilines is 1. The minimum Gasteiger partial charge on any atom is -0.369 e. The summed E-state index contributed by atoms with van der Waals surface area (Å²) in [5.41, 5.74) is 2.15. The van der Waals surface area contributed by atoms with Crippen LogP contribution in [-0.2, 0) is 0 Å². The SMILES string of the molecule is C[C@H](c1nc(-c2ccccc2)no1)N1CCN(c2cccc(Cl)c2)CC1. The highest BCUT2D eigenvalue weighted by atomic mass is 35.5. The molecule has 1 aliphatic heterocycles. The predicted octanol–water partition coefficient (Wildman–Crippen LogP) is 4.27. The van der Waals surface area contributed by atoms with Crippen molar-refractivity contribution in [3.05, 3.63) is 65.5 Å². The highest BCUT2D eigenvalue weighted by molar-refractivity contribution is 6.30. The fourth-order valence-electron chi connectivity index (χ4n) is 3.31. The molecular formula is C20H21ClN4O. The highest BCUT2D eigenvalue weighted by Crippen LogP contribution is 2.26. The molecule has 1 aromatic heterocycles. The minimum absolute atomic E-state index is 0.0986. The lowest BCUT2D eigenvalue weighted by Gasteiger charge is -2.38. The molecule has 0 unspecified atom stereocenters. The lowest BCUT2D eigenvalue weighted by atomic mass is 10.2. The number of benzene rings is 2. The van der Waals surface area contributed by atoms with Crippen molar-refractivity contribution in [2.75, 3.05) is 31.1 Å². The second-order valence-electron chi connectivity index (χ2n) is 6.50. The van der Waals surface area contributed by atoms with Crippen LogP contribution in [0.3, 0.4) is 0 Å². The zero-order chi connectivity index (χ0) is 17.9. The molecule has 5 nitrogen and oxygen atoms in total. The van der Waals surface area contributed by atoms with Crippen molar-refractivity contribution in [2.24, 2.45) is 0 Å². The van der Waals surface area contributed by atoms with Crippen LogP contribution in [-0.4, -0.2) is 41.2 Å². The van der Waals surface area contributed by atoms with Crippen molar-refractivity contribution in [3.8, 4) is 11.4 Å². The molecule has 0 saturated carbocycles. The van der Waals surface area contributed by atoms with E-state index in [0.717, 1.165) is 36.8 Å². The van der Waals surface area contributed by atoms with Crippen molar-refractivity contribution >= 4 is 17.3 Å². The van der Waals surface area contributed by atoms with Crippen molar-refractivity contribution in [1.29, 1.82) is 0 Å². The maximum Gasteiger partial charge on any atom is 0.244 e. The van der Waals surface area contributed by atoms with Crippen LogP contribution in [0.4, 0.5) is 5.69 Å². The molecule has 0 aliphatic carbocycles. The van der Waals surface area contributed by atoms with Crippen LogP contribution in [0.25, 0.3) is 11.4 Å². The molecule has 26 heavy (non-hydrogen) atoms. The number of hydrogen-bond acceptors (Lipinski definition) is 5. The number of halogens is 1. The molecule has 134 valence electrons. The summed E-state index contributed by atoms with van der Waals surface area (Å²) in [5, 5.41) is 4.91. The molecular weight excluding hydrogens is 348 g/mol. The summed E-state index contributed by atoms with van der Waals surface area (Å²) in [4.78, 5) is 9.33. The Bertz CT molecular complexity index is 859. The zero-order valence-corrected chi connectivity index (χ0v) is 15.4. The minimum atomic E-state index is 0.0986. The van der Waals surface area contributed by atoms with Gasteiger partial charge in [0.25, 0.3) is 0 Å². The van der Waals surface area contributed by atoms with Crippen LogP contribution in [0.2, 0.25) is 5.02 Å². The van der Waals surface area contributed by atoms with E-state index in [1.807, 2.05) is 48.5 Å². The number of nitrogens with zero attached hydrogens (tertiary/aromatic N) is 4. The summed E-state index contributed by atoms with van der Waals surface area (Å²) < 4.78 is 5.53. The maximum absolute atomic E-state index is 6.11. The van der Waals surface area contributed by atoms with Gasteiger partial charge in [0.15, 0.2) is 0 Å². The van der Waals surface area contributed by atoms with Gasteiger partial charge in [-0.05, 0) is 25.1 Å². The Labute approximate surface area is 158 Å². The van der Waals surface area contributed by atoms with Gasteiger partial charge >= 0.3 is 0 Å². The molecule has 6 heteroatoms. The molecule has 0 spiro atoms. The van der Waals surface area contributed by atoms with E-state index >= 15 is 0 Å². The summed E-state index contributed by atoms with van der Waals surface area (Å²) >= 11 is 6.11. The molecule has 2 heterocycles. The average molecular weight is 369 g/mol. The Kier molecular flexibility index (Phi) is 4.91. The predicted molar refractivity (Wildman–Crippen MR) is 103 cm³/mol. The van der Waals surface area contributed by atoms with Crippen LogP contribution < -0.4 is 4.90 Å². The van der Waals surface area contributed by atoms with E-state index in [1.165, 1.54) is 5.69 Å². The first-order valence-electron chi connectivity index (χ1n) is 8.84. The van der Waals surface area contributed by atoms with Crippen molar-refractivity contribution < 1.29 is 4.52 Å². The fourth-order valence-corrected chi connectivity index (χ4v) is 3.49. The van der Waals surface area contributed by atoms with Gasteiger partial charge in [0.05, 0.1) is 6.04 Å². The summed E-state index contributed by atoms with van der Waals surface area (Å²) in [5.74, 6) is 1.31. The molecule has 1 atom stereocenters. The average Bonchev–Trinajstić information content (AvgIpc) is 3.18. The Morgan fingerprint density at radius 1 is 1.00 bits per heavy atom. The molecule has 1 aliphatic rings. The number of aromatic nitrogens is 2. The van der Waals surface area contributed by atoms with Gasteiger partial charge < -0.3 is 9.42 Å². The summed E-state index contributed by atoms with van der Waals surface area (Å²) in [6.07, 6.45) is 0. The van der Waals surface area contributed by atoms with Gasteiger partial charge in [-0.2, -0.15) is 4.98 Å². The normalized spacial score (nSPS) is 16.6. The van der Waals surface area contributed by atoms with Crippen LogP contribution >= 0.6 is 11.6 Å². The smallest absolute Gasteiger partial charge is 0.244 e. The van der Waals surface area contributed by atoms with E-state index in [2.05, 4.69) is 32.9 Å². The third-order valence-electron chi connectivity index (χ3n) is 4.87. The van der Waals surface area contributed by atoms with Gasteiger partial charge in [-0.15, -0.1) is 0 Å². The standard InChI is InChI=1S/C20H21ClN4O/c1-15(20-22-19(23-26-20)16-6-3-2-4-7-16)24-10-12-25(13-11-24)18-9-5-8-17(21)14-18/h2-9,14-15H,10-13H2,1H3/t15-/m1/s1. The van der Waals surface area contributed by atoms with Gasteiger partial charge in [0.2, 0.25) is 11.7 Å². The van der Waals surface area contributed by atoms with Gasteiger partial charge in [0.1, 0.15) is 0 Å². The van der Waals surface area contributed by atoms with E-state index in [9.17, 15) is 0 Å². The van der Waals surface area contributed by atoms with E-state index in [1.54, 1.807) is 0 Å². The van der Waals surface area contributed by atoms with E-state index < -0.39 is 0 Å². The molecule has 1 fully saturated rings. The molecule has 3 aromatic rings. The number of hydrogen-bond donors (Lipinski definition) is 0. The first-order chi connectivity index (χ1) is 12.7. The quantitative estimate of drug-likeness (QED) is 0.688. The van der Waals surface area contributed by atoms with Gasteiger partial charge in [0, 0.05) is 42.5 Å². The van der Waals surface area contributed by atoms with Crippen LogP contribution in [0.15, 0.2) is 59.1 Å². The third kappa shape index (κ3) is 3.59. The highest BCUT2D eigenvalue weighted by Gasteiger charge is 2.26. The Morgan fingerprint density at radius 3 is 2.50 bits per heavy atom. The van der Waals surface area contributed by atoms with E-state index in [-0.39, 0.29) is 6.04 Å². The monoisotopic (exact) mass is 368 g/mol. The van der Waals surface area contributed by atoms with Crippen LogP contribution in [0.1, 0.15) is 18.9 Å². The van der Waals surface area contributed by atoms with E-state index in [4.69, 9.17) is 16.1 Å². The lowest BCUT2D eigenvalue weighted by Crippen LogP contribution is -2.47. The summed E-state index contributed by atoms with van der Waals surface area (Å²) in [6.45, 7) is 5.90. The fraction of sp³-hybridized carbons (Fsp3) is 0.300. The first kappa shape index (κ1) is 17.1. The molecule has 2 aromatic carbocycles. The second kappa shape index (κ2) is 7.48. The zero-order valence-electron chi connectivity index (χ0n) is 14.7. The maximum atomic E-state index is 6.11. The molecule has 0 radical (unpaired) electrons. The second-order valence-corrected chi connectivity index (χ2v) is 6.94. The van der Waals surface area contributed by atoms with Gasteiger partial charge in [-0.25, -0.2) is 0 Å². The summed E-state index contributed by atoms with van der Waals surface area (Å²) in [7, 11) is 0. The van der Waals surface area contributed by atoms with Crippen molar-refractivity contribution in [3.63, 3.8) is 0 Å². The van der Waals surface area contributed by atoms with Gasteiger partial charge in [-0.3, -0.25) is 4.90 Å². The molecule has 4 rings (SSSR count). The Hall–Kier alpha value is -2.37. The van der Waals surface area contributed by atoms with Crippen molar-refractivity contribution in [1.82, 2.24) is 15.0 Å². The lowest BCUT2D eigenvalue weighted by molar-refractivity contribution is 0.164. The number of rotatable bonds is 4. The number of piperazine rings is 1.